The molecule has 0 saturated heterocycles. The molecule has 0 N–H and O–H groups in total. The molecule has 80 valence electrons. The van der Waals surface area contributed by atoms with Crippen LogP contribution >= 0.6 is 0 Å². The zero-order valence-corrected chi connectivity index (χ0v) is 11.6. The molecule has 0 aliphatic rings. The van der Waals surface area contributed by atoms with E-state index >= 15 is 0 Å². The normalized spacial score (nSPS) is 13.4. The van der Waals surface area contributed by atoms with E-state index in [2.05, 4.69) is 26.2 Å². The van der Waals surface area contributed by atoms with Crippen LogP contribution in [-0.4, -0.2) is 37.7 Å². The smallest absolute Gasteiger partial charge is 0.321 e. The lowest BCUT2D eigenvalue weighted by Crippen LogP contribution is -2.46. The molecule has 13 heavy (non-hydrogen) atoms. The third-order valence-electron chi connectivity index (χ3n) is 1.92. The van der Waals surface area contributed by atoms with Gasteiger partial charge >= 0.3 is 8.56 Å². The first kappa shape index (κ1) is 13.3. The first-order chi connectivity index (χ1) is 5.83. The summed E-state index contributed by atoms with van der Waals surface area (Å²) < 4.78 is 16.5. The van der Waals surface area contributed by atoms with Crippen LogP contribution in [0.2, 0.25) is 32.2 Å². The highest BCUT2D eigenvalue weighted by molar-refractivity contribution is 6.82. The fourth-order valence-electron chi connectivity index (χ4n) is 1.11. The Morgan fingerprint density at radius 1 is 1.00 bits per heavy atom. The van der Waals surface area contributed by atoms with Gasteiger partial charge in [0.2, 0.25) is 0 Å². The van der Waals surface area contributed by atoms with Gasteiger partial charge in [0.1, 0.15) is 0 Å². The summed E-state index contributed by atoms with van der Waals surface area (Å²) >= 11 is 0. The summed E-state index contributed by atoms with van der Waals surface area (Å²) in [4.78, 5) is 0. The molecule has 0 rings (SSSR count). The molecular weight excluding hydrogens is 200 g/mol. The largest absolute Gasteiger partial charge is 0.436 e. The van der Waals surface area contributed by atoms with E-state index in [1.165, 1.54) is 0 Å². The molecule has 0 amide bonds. The summed E-state index contributed by atoms with van der Waals surface area (Å²) in [6.07, 6.45) is 0. The highest BCUT2D eigenvalue weighted by atomic mass is 28.4. The van der Waals surface area contributed by atoms with Crippen molar-refractivity contribution in [1.29, 1.82) is 0 Å². The second-order valence-electron chi connectivity index (χ2n) is 4.21. The van der Waals surface area contributed by atoms with Crippen molar-refractivity contribution >= 4 is 16.9 Å². The van der Waals surface area contributed by atoms with Gasteiger partial charge in [0.15, 0.2) is 8.32 Å². The minimum atomic E-state index is -1.86. The molecule has 5 heteroatoms. The second-order valence-corrected chi connectivity index (χ2v) is 12.3. The van der Waals surface area contributed by atoms with Crippen LogP contribution in [0, 0.1) is 0 Å². The Labute approximate surface area is 83.8 Å². The molecule has 0 aromatic carbocycles. The fourth-order valence-corrected chi connectivity index (χ4v) is 7.87. The van der Waals surface area contributed by atoms with Crippen molar-refractivity contribution in [2.45, 2.75) is 32.2 Å². The molecule has 0 aromatic rings. The van der Waals surface area contributed by atoms with Gasteiger partial charge < -0.3 is 13.3 Å². The molecule has 0 heterocycles. The quantitative estimate of drug-likeness (QED) is 0.645. The van der Waals surface area contributed by atoms with Gasteiger partial charge in [0, 0.05) is 20.8 Å². The molecule has 3 nitrogen and oxygen atoms in total. The summed E-state index contributed by atoms with van der Waals surface area (Å²) in [5.41, 5.74) is 0. The van der Waals surface area contributed by atoms with Crippen LogP contribution in [0.1, 0.15) is 0 Å². The minimum Gasteiger partial charge on any atom is -0.436 e. The van der Waals surface area contributed by atoms with E-state index in [1.807, 2.05) is 0 Å². The van der Waals surface area contributed by atoms with Gasteiger partial charge in [-0.2, -0.15) is 0 Å². The Balaban J connectivity index is 4.00. The molecule has 0 atom stereocenters. The maximum absolute atomic E-state index is 6.05. The highest BCUT2D eigenvalue weighted by Crippen LogP contribution is 2.18. The second kappa shape index (κ2) is 5.26. The Hall–Kier alpha value is 0.314. The van der Waals surface area contributed by atoms with Crippen molar-refractivity contribution in [3.8, 4) is 0 Å². The Kier molecular flexibility index (Phi) is 5.38. The van der Waals surface area contributed by atoms with Crippen molar-refractivity contribution in [3.05, 3.63) is 0 Å². The average Bonchev–Trinajstić information content (AvgIpc) is 1.99. The molecular formula is C8H22O3Si2. The van der Waals surface area contributed by atoms with Gasteiger partial charge in [0.25, 0.3) is 0 Å². The topological polar surface area (TPSA) is 27.7 Å². The van der Waals surface area contributed by atoms with Crippen LogP contribution in [0.4, 0.5) is 0 Å². The average molecular weight is 222 g/mol. The Bertz CT molecular complexity index is 148. The summed E-state index contributed by atoms with van der Waals surface area (Å²) in [6.45, 7) is 9.36. The number of hydrogen-bond acceptors (Lipinski definition) is 3. The Morgan fingerprint density at radius 3 is 1.92 bits per heavy atom. The van der Waals surface area contributed by atoms with Gasteiger partial charge in [-0.3, -0.25) is 0 Å². The molecule has 0 fully saturated rings. The predicted molar refractivity (Wildman–Crippen MR) is 59.7 cm³/mol. The van der Waals surface area contributed by atoms with Crippen molar-refractivity contribution in [2.24, 2.45) is 0 Å². The third-order valence-corrected chi connectivity index (χ3v) is 8.49. The monoisotopic (exact) mass is 222 g/mol. The Morgan fingerprint density at radius 2 is 1.54 bits per heavy atom. The van der Waals surface area contributed by atoms with Crippen molar-refractivity contribution in [3.63, 3.8) is 0 Å². The van der Waals surface area contributed by atoms with Gasteiger partial charge in [0.05, 0.1) is 0 Å². The van der Waals surface area contributed by atoms with E-state index < -0.39 is 16.9 Å². The van der Waals surface area contributed by atoms with E-state index in [4.69, 9.17) is 13.3 Å². The van der Waals surface area contributed by atoms with Crippen LogP contribution in [-0.2, 0) is 13.3 Å². The number of rotatable bonds is 6. The maximum Gasteiger partial charge on any atom is 0.321 e. The summed E-state index contributed by atoms with van der Waals surface area (Å²) in [6, 6.07) is 1.03. The molecule has 0 saturated carbocycles. The fraction of sp³-hybridized carbons (Fsp3) is 1.00. The number of ether oxygens (including phenoxy) is 1. The van der Waals surface area contributed by atoms with Crippen LogP contribution in [0.3, 0.4) is 0 Å². The highest BCUT2D eigenvalue weighted by Gasteiger charge is 2.33. The third kappa shape index (κ3) is 6.39. The lowest BCUT2D eigenvalue weighted by Gasteiger charge is -2.32. The van der Waals surface area contributed by atoms with E-state index in [0.29, 0.717) is 0 Å². The standard InChI is InChI=1S/C8H22O3Si2/c1-9-7-8-12(3,4)11-13(5,6)10-2/h7-8H2,1-6H3. The van der Waals surface area contributed by atoms with E-state index in [0.717, 1.165) is 12.7 Å². The first-order valence-corrected chi connectivity index (χ1v) is 10.5. The lowest BCUT2D eigenvalue weighted by atomic mass is 10.9. The summed E-state index contributed by atoms with van der Waals surface area (Å²) in [5, 5.41) is 0. The van der Waals surface area contributed by atoms with E-state index in [-0.39, 0.29) is 0 Å². The zero-order chi connectivity index (χ0) is 10.5. The van der Waals surface area contributed by atoms with Gasteiger partial charge in [-0.1, -0.05) is 0 Å². The maximum atomic E-state index is 6.05. The van der Waals surface area contributed by atoms with Crippen molar-refractivity contribution in [2.75, 3.05) is 20.8 Å². The molecule has 0 radical (unpaired) electrons. The van der Waals surface area contributed by atoms with Crippen LogP contribution in [0.15, 0.2) is 0 Å². The van der Waals surface area contributed by atoms with Crippen molar-refractivity contribution < 1.29 is 13.3 Å². The molecule has 0 aliphatic heterocycles. The van der Waals surface area contributed by atoms with E-state index in [1.54, 1.807) is 14.2 Å². The van der Waals surface area contributed by atoms with Gasteiger partial charge in [-0.25, -0.2) is 0 Å². The van der Waals surface area contributed by atoms with Crippen LogP contribution in [0.5, 0.6) is 0 Å². The molecule has 0 unspecified atom stereocenters. The first-order valence-electron chi connectivity index (χ1n) is 4.57. The molecule has 0 spiro atoms. The molecule has 0 aromatic heterocycles. The zero-order valence-electron chi connectivity index (χ0n) is 9.64. The lowest BCUT2D eigenvalue weighted by molar-refractivity contribution is 0.210. The number of methoxy groups -OCH3 is 1. The SMILES string of the molecule is COCC[Si](C)(C)O[Si](C)(C)OC. The minimum absolute atomic E-state index is 0.785. The summed E-state index contributed by atoms with van der Waals surface area (Å²) in [5.74, 6) is 0. The van der Waals surface area contributed by atoms with Gasteiger partial charge in [-0.05, 0) is 32.2 Å². The van der Waals surface area contributed by atoms with E-state index in [9.17, 15) is 0 Å². The number of hydrogen-bond donors (Lipinski definition) is 0. The molecule has 0 aliphatic carbocycles. The van der Waals surface area contributed by atoms with Crippen LogP contribution in [0.25, 0.3) is 0 Å². The van der Waals surface area contributed by atoms with Gasteiger partial charge in [-0.15, -0.1) is 0 Å². The predicted octanol–water partition coefficient (Wildman–Crippen LogP) is 2.20. The van der Waals surface area contributed by atoms with Crippen LogP contribution < -0.4 is 0 Å². The van der Waals surface area contributed by atoms with Crippen molar-refractivity contribution in [1.82, 2.24) is 0 Å². The molecule has 0 bridgehead atoms. The summed E-state index contributed by atoms with van der Waals surface area (Å²) in [7, 11) is 0.0293.